The number of fused-ring (bicyclic) bond motifs is 1. The molecule has 196 valence electrons. The van der Waals surface area contributed by atoms with Gasteiger partial charge in [-0.2, -0.15) is 4.31 Å². The van der Waals surface area contributed by atoms with Crippen molar-refractivity contribution in [1.82, 2.24) is 14.2 Å². The van der Waals surface area contributed by atoms with E-state index in [1.807, 2.05) is 30.0 Å². The maximum atomic E-state index is 13.6. The van der Waals surface area contributed by atoms with Gasteiger partial charge in [-0.3, -0.25) is 9.78 Å². The van der Waals surface area contributed by atoms with Crippen LogP contribution < -0.4 is 9.80 Å². The third kappa shape index (κ3) is 5.13. The molecule has 0 radical (unpaired) electrons. The Labute approximate surface area is 217 Å². The first kappa shape index (κ1) is 25.4. The number of piperazine rings is 1. The molecule has 0 aliphatic carbocycles. The van der Waals surface area contributed by atoms with E-state index in [0.29, 0.717) is 51.1 Å². The van der Waals surface area contributed by atoms with Crippen LogP contribution in [0.25, 0.3) is 10.9 Å². The molecule has 0 N–H and O–H groups in total. The molecule has 3 aromatic rings. The van der Waals surface area contributed by atoms with E-state index in [1.165, 1.54) is 16.4 Å². The number of rotatable bonds is 5. The number of carbonyl (C=O) groups is 1. The van der Waals surface area contributed by atoms with E-state index in [9.17, 15) is 17.6 Å². The summed E-state index contributed by atoms with van der Waals surface area (Å²) < 4.78 is 41.7. The summed E-state index contributed by atoms with van der Waals surface area (Å²) in [4.78, 5) is 23.9. The average molecular weight is 526 g/mol. The predicted molar refractivity (Wildman–Crippen MR) is 143 cm³/mol. The third-order valence-electron chi connectivity index (χ3n) is 7.34. The summed E-state index contributed by atoms with van der Waals surface area (Å²) in [5.41, 5.74) is 2.51. The van der Waals surface area contributed by atoms with Gasteiger partial charge in [-0.05, 0) is 55.3 Å². The van der Waals surface area contributed by atoms with Crippen molar-refractivity contribution in [3.8, 4) is 0 Å². The summed E-state index contributed by atoms with van der Waals surface area (Å²) in [7, 11) is 0.147. The molecule has 1 unspecified atom stereocenters. The number of sulfonamides is 1. The number of aromatic nitrogens is 1. The van der Waals surface area contributed by atoms with Crippen molar-refractivity contribution < 1.29 is 17.6 Å². The molecule has 3 heterocycles. The second-order valence-electron chi connectivity index (χ2n) is 9.89. The zero-order valence-electron chi connectivity index (χ0n) is 21.2. The maximum Gasteiger partial charge on any atom is 0.243 e. The van der Waals surface area contributed by atoms with Crippen LogP contribution in [0.2, 0.25) is 0 Å². The van der Waals surface area contributed by atoms with Crippen LogP contribution in [0.5, 0.6) is 0 Å². The number of hydrogen-bond acceptors (Lipinski definition) is 6. The molecular weight excluding hydrogens is 493 g/mol. The Morgan fingerprint density at radius 1 is 1.00 bits per heavy atom. The van der Waals surface area contributed by atoms with Gasteiger partial charge in [-0.25, -0.2) is 12.8 Å². The highest BCUT2D eigenvalue weighted by molar-refractivity contribution is 7.89. The first-order valence-corrected chi connectivity index (χ1v) is 14.0. The minimum absolute atomic E-state index is 0.0177. The van der Waals surface area contributed by atoms with Crippen LogP contribution in [-0.2, 0) is 14.8 Å². The summed E-state index contributed by atoms with van der Waals surface area (Å²) in [6, 6.07) is 13.4. The van der Waals surface area contributed by atoms with Crippen LogP contribution in [0.1, 0.15) is 12.8 Å². The van der Waals surface area contributed by atoms with Crippen molar-refractivity contribution >= 4 is 38.2 Å². The van der Waals surface area contributed by atoms with Crippen LogP contribution in [0.3, 0.4) is 0 Å². The molecule has 1 aromatic heterocycles. The number of amides is 1. The topological polar surface area (TPSA) is 77.1 Å². The Balaban J connectivity index is 1.23. The lowest BCUT2D eigenvalue weighted by Crippen LogP contribution is -2.53. The van der Waals surface area contributed by atoms with Gasteiger partial charge in [-0.1, -0.05) is 0 Å². The molecule has 1 atom stereocenters. The fourth-order valence-electron chi connectivity index (χ4n) is 5.24. The number of halogens is 1. The fourth-order valence-corrected chi connectivity index (χ4v) is 6.76. The molecule has 2 fully saturated rings. The quantitative estimate of drug-likeness (QED) is 0.509. The van der Waals surface area contributed by atoms with E-state index in [1.54, 1.807) is 36.5 Å². The first-order chi connectivity index (χ1) is 17.7. The second-order valence-corrected chi connectivity index (χ2v) is 11.8. The molecule has 5 rings (SSSR count). The predicted octanol–water partition coefficient (Wildman–Crippen LogP) is 3.19. The second kappa shape index (κ2) is 10.3. The molecule has 2 aliphatic rings. The number of benzene rings is 2. The fraction of sp³-hybridized carbons (Fsp3) is 0.407. The lowest BCUT2D eigenvalue weighted by molar-refractivity contribution is -0.137. The molecule has 10 heteroatoms. The highest BCUT2D eigenvalue weighted by Crippen LogP contribution is 2.29. The molecule has 0 saturated carbocycles. The summed E-state index contributed by atoms with van der Waals surface area (Å²) in [6.45, 7) is 3.03. The minimum Gasteiger partial charge on any atom is -0.378 e. The van der Waals surface area contributed by atoms with E-state index in [2.05, 4.69) is 9.88 Å². The van der Waals surface area contributed by atoms with Crippen molar-refractivity contribution in [1.29, 1.82) is 0 Å². The number of anilines is 2. The van der Waals surface area contributed by atoms with Crippen LogP contribution in [0, 0.1) is 11.7 Å². The first-order valence-electron chi connectivity index (χ1n) is 12.6. The highest BCUT2D eigenvalue weighted by Gasteiger charge is 2.36. The standard InChI is InChI=1S/C27H32FN5O3S/c1-30(2)22-6-8-23(9-7-22)37(35,36)33-13-3-4-20(19-33)27(34)32-16-14-31(15-17-32)26-11-12-29-25-18-21(28)5-10-24(25)26/h5-12,18,20H,3-4,13-17,19H2,1-2H3. The van der Waals surface area contributed by atoms with Gasteiger partial charge in [0, 0.05) is 82.4 Å². The molecule has 0 bridgehead atoms. The molecule has 2 aromatic carbocycles. The summed E-state index contributed by atoms with van der Waals surface area (Å²) in [5, 5.41) is 0.885. The molecule has 37 heavy (non-hydrogen) atoms. The van der Waals surface area contributed by atoms with Crippen molar-refractivity contribution in [2.75, 3.05) is 63.2 Å². The smallest absolute Gasteiger partial charge is 0.243 e. The van der Waals surface area contributed by atoms with E-state index < -0.39 is 10.0 Å². The maximum absolute atomic E-state index is 13.6. The summed E-state index contributed by atoms with van der Waals surface area (Å²) in [6.07, 6.45) is 3.02. The summed E-state index contributed by atoms with van der Waals surface area (Å²) in [5.74, 6) is -0.647. The van der Waals surface area contributed by atoms with Crippen LogP contribution in [0.4, 0.5) is 15.8 Å². The summed E-state index contributed by atoms with van der Waals surface area (Å²) >= 11 is 0. The van der Waals surface area contributed by atoms with E-state index in [4.69, 9.17) is 0 Å². The highest BCUT2D eigenvalue weighted by atomic mass is 32.2. The van der Waals surface area contributed by atoms with Gasteiger partial charge < -0.3 is 14.7 Å². The Morgan fingerprint density at radius 2 is 1.73 bits per heavy atom. The van der Waals surface area contributed by atoms with Gasteiger partial charge >= 0.3 is 0 Å². The van der Waals surface area contributed by atoms with E-state index in [0.717, 1.165) is 16.8 Å². The van der Waals surface area contributed by atoms with Gasteiger partial charge in [0.1, 0.15) is 5.82 Å². The number of hydrogen-bond donors (Lipinski definition) is 0. The van der Waals surface area contributed by atoms with E-state index in [-0.39, 0.29) is 29.1 Å². The SMILES string of the molecule is CN(C)c1ccc(S(=O)(=O)N2CCCC(C(=O)N3CCN(c4ccnc5cc(F)ccc45)CC3)C2)cc1. The molecule has 8 nitrogen and oxygen atoms in total. The molecular formula is C27H32FN5O3S. The number of pyridine rings is 1. The van der Waals surface area contributed by atoms with Gasteiger partial charge in [0.2, 0.25) is 15.9 Å². The number of piperidine rings is 1. The number of nitrogens with zero attached hydrogens (tertiary/aromatic N) is 5. The van der Waals surface area contributed by atoms with Crippen molar-refractivity contribution in [2.45, 2.75) is 17.7 Å². The zero-order valence-corrected chi connectivity index (χ0v) is 22.0. The Kier molecular flexibility index (Phi) is 7.04. The lowest BCUT2D eigenvalue weighted by Gasteiger charge is -2.39. The average Bonchev–Trinajstić information content (AvgIpc) is 2.92. The Bertz CT molecular complexity index is 1390. The Morgan fingerprint density at radius 3 is 2.43 bits per heavy atom. The van der Waals surface area contributed by atoms with Crippen molar-refractivity contribution in [3.05, 3.63) is 60.5 Å². The molecule has 1 amide bonds. The van der Waals surface area contributed by atoms with Crippen LogP contribution >= 0.6 is 0 Å². The normalized spacial score (nSPS) is 19.3. The Hall–Kier alpha value is -3.24. The molecule has 0 spiro atoms. The van der Waals surface area contributed by atoms with Crippen molar-refractivity contribution in [3.63, 3.8) is 0 Å². The molecule has 2 aliphatic heterocycles. The van der Waals surface area contributed by atoms with Crippen LogP contribution in [0.15, 0.2) is 59.6 Å². The number of carbonyl (C=O) groups excluding carboxylic acids is 1. The van der Waals surface area contributed by atoms with Crippen molar-refractivity contribution in [2.24, 2.45) is 5.92 Å². The van der Waals surface area contributed by atoms with Gasteiger partial charge in [0.05, 0.1) is 16.3 Å². The van der Waals surface area contributed by atoms with Crippen LogP contribution in [-0.4, -0.2) is 81.9 Å². The lowest BCUT2D eigenvalue weighted by atomic mass is 9.97. The third-order valence-corrected chi connectivity index (χ3v) is 9.22. The van der Waals surface area contributed by atoms with E-state index >= 15 is 0 Å². The zero-order chi connectivity index (χ0) is 26.2. The monoisotopic (exact) mass is 525 g/mol. The van der Waals surface area contributed by atoms with Gasteiger partial charge in [0.25, 0.3) is 0 Å². The van der Waals surface area contributed by atoms with Gasteiger partial charge in [0.15, 0.2) is 0 Å². The van der Waals surface area contributed by atoms with Gasteiger partial charge in [-0.15, -0.1) is 0 Å². The minimum atomic E-state index is -3.67. The molecule has 2 saturated heterocycles. The largest absolute Gasteiger partial charge is 0.378 e.